The van der Waals surface area contributed by atoms with E-state index in [2.05, 4.69) is 26.0 Å². The quantitative estimate of drug-likeness (QED) is 0.766. The highest BCUT2D eigenvalue weighted by molar-refractivity contribution is 5.50. The maximum atomic E-state index is 13.2. The first-order valence-corrected chi connectivity index (χ1v) is 7.54. The fourth-order valence-electron chi connectivity index (χ4n) is 2.69. The highest BCUT2D eigenvalue weighted by Crippen LogP contribution is 2.36. The highest BCUT2D eigenvalue weighted by Gasteiger charge is 2.15. The molecular weight excluding hydrogens is 279 g/mol. The molecule has 0 bridgehead atoms. The summed E-state index contributed by atoms with van der Waals surface area (Å²) in [6, 6.07) is 10.8. The molecule has 0 heterocycles. The zero-order chi connectivity index (χ0) is 16.1. The summed E-state index contributed by atoms with van der Waals surface area (Å²) in [5, 5.41) is 0. The van der Waals surface area contributed by atoms with Gasteiger partial charge in [-0.05, 0) is 54.2 Å². The van der Waals surface area contributed by atoms with Crippen molar-refractivity contribution in [3.8, 4) is 11.5 Å². The van der Waals surface area contributed by atoms with Crippen molar-refractivity contribution < 1.29 is 13.9 Å². The molecule has 0 saturated carbocycles. The molecule has 0 atom stereocenters. The average Bonchev–Trinajstić information content (AvgIpc) is 2.51. The van der Waals surface area contributed by atoms with Gasteiger partial charge in [0.05, 0.1) is 14.2 Å². The van der Waals surface area contributed by atoms with E-state index in [9.17, 15) is 4.39 Å². The third kappa shape index (κ3) is 3.79. The summed E-state index contributed by atoms with van der Waals surface area (Å²) in [6.45, 7) is 4.24. The molecule has 0 N–H and O–H groups in total. The summed E-state index contributed by atoms with van der Waals surface area (Å²) in [7, 11) is 3.36. The maximum absolute atomic E-state index is 13.2. The Hall–Kier alpha value is -2.03. The number of rotatable bonds is 6. The highest BCUT2D eigenvalue weighted by atomic mass is 19.1. The normalized spacial score (nSPS) is 10.8. The molecule has 0 aliphatic carbocycles. The van der Waals surface area contributed by atoms with Gasteiger partial charge in [0, 0.05) is 5.56 Å². The standard InChI is InChI=1S/C19H23FO2/c1-13(2)19-17(21-3)11-15(12-18(19)22-4)9-8-14-6-5-7-16(20)10-14/h5-7,10-13H,8-9H2,1-4H3. The molecule has 0 radical (unpaired) electrons. The molecule has 0 amide bonds. The summed E-state index contributed by atoms with van der Waals surface area (Å²) in [5.74, 6) is 1.83. The monoisotopic (exact) mass is 302 g/mol. The molecule has 0 spiro atoms. The Balaban J connectivity index is 2.24. The van der Waals surface area contributed by atoms with Crippen LogP contribution in [-0.4, -0.2) is 14.2 Å². The van der Waals surface area contributed by atoms with E-state index in [-0.39, 0.29) is 5.82 Å². The fraction of sp³-hybridized carbons (Fsp3) is 0.368. The number of hydrogen-bond donors (Lipinski definition) is 0. The van der Waals surface area contributed by atoms with Crippen molar-refractivity contribution in [3.63, 3.8) is 0 Å². The molecule has 118 valence electrons. The van der Waals surface area contributed by atoms with Crippen LogP contribution in [0.1, 0.15) is 36.5 Å². The minimum Gasteiger partial charge on any atom is -0.496 e. The lowest BCUT2D eigenvalue weighted by Gasteiger charge is -2.18. The van der Waals surface area contributed by atoms with Gasteiger partial charge in [-0.3, -0.25) is 0 Å². The molecule has 3 heteroatoms. The van der Waals surface area contributed by atoms with Gasteiger partial charge in [0.15, 0.2) is 0 Å². The minimum atomic E-state index is -0.192. The van der Waals surface area contributed by atoms with Gasteiger partial charge >= 0.3 is 0 Å². The van der Waals surface area contributed by atoms with Gasteiger partial charge in [-0.1, -0.05) is 26.0 Å². The summed E-state index contributed by atoms with van der Waals surface area (Å²) < 4.78 is 24.3. The van der Waals surface area contributed by atoms with E-state index in [1.54, 1.807) is 26.4 Å². The summed E-state index contributed by atoms with van der Waals surface area (Å²) in [5.41, 5.74) is 3.20. The first-order valence-electron chi connectivity index (χ1n) is 7.54. The molecule has 0 aliphatic rings. The van der Waals surface area contributed by atoms with Gasteiger partial charge < -0.3 is 9.47 Å². The second-order valence-electron chi connectivity index (χ2n) is 5.70. The van der Waals surface area contributed by atoms with Crippen LogP contribution in [0.2, 0.25) is 0 Å². The number of hydrogen-bond acceptors (Lipinski definition) is 2. The van der Waals surface area contributed by atoms with E-state index in [1.165, 1.54) is 6.07 Å². The molecule has 2 nitrogen and oxygen atoms in total. The molecule has 0 aromatic heterocycles. The number of halogens is 1. The van der Waals surface area contributed by atoms with Gasteiger partial charge in [-0.15, -0.1) is 0 Å². The van der Waals surface area contributed by atoms with Crippen molar-refractivity contribution in [2.45, 2.75) is 32.6 Å². The van der Waals surface area contributed by atoms with E-state index in [4.69, 9.17) is 9.47 Å². The number of aryl methyl sites for hydroxylation is 2. The van der Waals surface area contributed by atoms with Gasteiger partial charge in [-0.2, -0.15) is 0 Å². The molecular formula is C19H23FO2. The van der Waals surface area contributed by atoms with Crippen LogP contribution in [0.25, 0.3) is 0 Å². The lowest BCUT2D eigenvalue weighted by atomic mass is 9.96. The van der Waals surface area contributed by atoms with Gasteiger partial charge in [0.1, 0.15) is 17.3 Å². The lowest BCUT2D eigenvalue weighted by Crippen LogP contribution is -2.01. The second-order valence-corrected chi connectivity index (χ2v) is 5.70. The largest absolute Gasteiger partial charge is 0.496 e. The van der Waals surface area contributed by atoms with E-state index in [0.717, 1.165) is 41.0 Å². The van der Waals surface area contributed by atoms with Crippen LogP contribution >= 0.6 is 0 Å². The van der Waals surface area contributed by atoms with Gasteiger partial charge in [0.25, 0.3) is 0 Å². The predicted octanol–water partition coefficient (Wildman–Crippen LogP) is 4.75. The summed E-state index contributed by atoms with van der Waals surface area (Å²) >= 11 is 0. The second kappa shape index (κ2) is 7.30. The molecule has 2 aromatic carbocycles. The maximum Gasteiger partial charge on any atom is 0.126 e. The molecule has 0 fully saturated rings. The zero-order valence-electron chi connectivity index (χ0n) is 13.7. The van der Waals surface area contributed by atoms with Gasteiger partial charge in [0.2, 0.25) is 0 Å². The summed E-state index contributed by atoms with van der Waals surface area (Å²) in [4.78, 5) is 0. The Morgan fingerprint density at radius 1 is 0.909 bits per heavy atom. The molecule has 22 heavy (non-hydrogen) atoms. The molecule has 0 unspecified atom stereocenters. The smallest absolute Gasteiger partial charge is 0.126 e. The predicted molar refractivity (Wildman–Crippen MR) is 87.4 cm³/mol. The fourth-order valence-corrected chi connectivity index (χ4v) is 2.69. The Morgan fingerprint density at radius 2 is 1.50 bits per heavy atom. The number of methoxy groups -OCH3 is 2. The van der Waals surface area contributed by atoms with Crippen LogP contribution in [0.5, 0.6) is 11.5 Å². The minimum absolute atomic E-state index is 0.192. The van der Waals surface area contributed by atoms with Crippen LogP contribution in [0.4, 0.5) is 4.39 Å². The third-order valence-corrected chi connectivity index (χ3v) is 3.77. The Bertz CT molecular complexity index is 610. The van der Waals surface area contributed by atoms with Crippen molar-refractivity contribution in [1.82, 2.24) is 0 Å². The molecule has 0 saturated heterocycles. The Labute approximate surface area is 131 Å². The van der Waals surface area contributed by atoms with Crippen LogP contribution < -0.4 is 9.47 Å². The average molecular weight is 302 g/mol. The van der Waals surface area contributed by atoms with Crippen LogP contribution in [0.3, 0.4) is 0 Å². The zero-order valence-corrected chi connectivity index (χ0v) is 13.7. The van der Waals surface area contributed by atoms with E-state index < -0.39 is 0 Å². The number of benzene rings is 2. The van der Waals surface area contributed by atoms with Crippen LogP contribution in [-0.2, 0) is 12.8 Å². The van der Waals surface area contributed by atoms with E-state index in [0.29, 0.717) is 5.92 Å². The van der Waals surface area contributed by atoms with Crippen LogP contribution in [0.15, 0.2) is 36.4 Å². The number of ether oxygens (including phenoxy) is 2. The van der Waals surface area contributed by atoms with Crippen molar-refractivity contribution in [1.29, 1.82) is 0 Å². The lowest BCUT2D eigenvalue weighted by molar-refractivity contribution is 0.381. The van der Waals surface area contributed by atoms with Crippen LogP contribution in [0, 0.1) is 5.82 Å². The van der Waals surface area contributed by atoms with Crippen molar-refractivity contribution in [2.24, 2.45) is 0 Å². The third-order valence-electron chi connectivity index (χ3n) is 3.77. The first kappa shape index (κ1) is 16.3. The van der Waals surface area contributed by atoms with Crippen molar-refractivity contribution >= 4 is 0 Å². The van der Waals surface area contributed by atoms with E-state index >= 15 is 0 Å². The topological polar surface area (TPSA) is 18.5 Å². The van der Waals surface area contributed by atoms with Crippen molar-refractivity contribution in [3.05, 3.63) is 58.9 Å². The first-order chi connectivity index (χ1) is 10.5. The molecule has 2 aromatic rings. The molecule has 0 aliphatic heterocycles. The Morgan fingerprint density at radius 3 is 2.00 bits per heavy atom. The Kier molecular flexibility index (Phi) is 5.42. The van der Waals surface area contributed by atoms with Gasteiger partial charge in [-0.25, -0.2) is 4.39 Å². The van der Waals surface area contributed by atoms with E-state index in [1.807, 2.05) is 6.07 Å². The SMILES string of the molecule is COc1cc(CCc2cccc(F)c2)cc(OC)c1C(C)C. The molecule has 2 rings (SSSR count). The summed E-state index contributed by atoms with van der Waals surface area (Å²) in [6.07, 6.45) is 1.60. The van der Waals surface area contributed by atoms with Crippen molar-refractivity contribution in [2.75, 3.05) is 14.2 Å².